The third kappa shape index (κ3) is 5.32. The fraction of sp³-hybridized carbons (Fsp3) is 0.240. The minimum atomic E-state index is -3.84. The van der Waals surface area contributed by atoms with Crippen LogP contribution in [-0.4, -0.2) is 28.2 Å². The number of sulfonamides is 1. The third-order valence-corrected chi connectivity index (χ3v) is 6.94. The molecule has 1 amide bonds. The Hall–Kier alpha value is -3.56. The molecule has 0 aromatic heterocycles. The minimum absolute atomic E-state index is 0.0124. The number of fused-ring (bicyclic) bond motifs is 1. The van der Waals surface area contributed by atoms with Crippen LogP contribution in [0.25, 0.3) is 0 Å². The van der Waals surface area contributed by atoms with Crippen LogP contribution in [0.2, 0.25) is 0 Å². The molecular weight excluding hydrogens is 456 g/mol. The number of benzene rings is 3. The number of nitrogens with one attached hydrogen (secondary N) is 2. The number of methoxy groups -OCH3 is 1. The van der Waals surface area contributed by atoms with Gasteiger partial charge in [0.1, 0.15) is 5.75 Å². The highest BCUT2D eigenvalue weighted by atomic mass is 32.2. The first kappa shape index (κ1) is 23.6. The van der Waals surface area contributed by atoms with Crippen LogP contribution in [0.5, 0.6) is 17.2 Å². The van der Waals surface area contributed by atoms with E-state index in [9.17, 15) is 13.2 Å². The Morgan fingerprint density at radius 3 is 2.53 bits per heavy atom. The first-order valence-corrected chi connectivity index (χ1v) is 12.3. The summed E-state index contributed by atoms with van der Waals surface area (Å²) in [5.74, 6) is 1.59. The molecule has 0 aliphatic carbocycles. The second-order valence-corrected chi connectivity index (χ2v) is 9.51. The highest BCUT2D eigenvalue weighted by molar-refractivity contribution is 7.89. The Morgan fingerprint density at radius 2 is 1.79 bits per heavy atom. The molecule has 1 heterocycles. The normalized spacial score (nSPS) is 13.4. The summed E-state index contributed by atoms with van der Waals surface area (Å²) in [6, 6.07) is 18.5. The van der Waals surface area contributed by atoms with Crippen LogP contribution in [0, 0.1) is 0 Å². The van der Waals surface area contributed by atoms with Gasteiger partial charge in [-0.25, -0.2) is 13.1 Å². The van der Waals surface area contributed by atoms with Crippen molar-refractivity contribution in [3.05, 3.63) is 83.4 Å². The zero-order valence-corrected chi connectivity index (χ0v) is 19.7. The van der Waals surface area contributed by atoms with Gasteiger partial charge in [0.05, 0.1) is 18.0 Å². The fourth-order valence-corrected chi connectivity index (χ4v) is 4.68. The van der Waals surface area contributed by atoms with Gasteiger partial charge in [0.2, 0.25) is 16.8 Å². The lowest BCUT2D eigenvalue weighted by atomic mass is 10.0. The Kier molecular flexibility index (Phi) is 7.04. The topological polar surface area (TPSA) is 103 Å². The molecule has 1 atom stereocenters. The molecule has 0 spiro atoms. The Balaban J connectivity index is 1.44. The molecule has 3 aromatic carbocycles. The molecule has 0 radical (unpaired) electrons. The molecule has 1 unspecified atom stereocenters. The summed E-state index contributed by atoms with van der Waals surface area (Å²) in [7, 11) is -2.24. The Labute approximate surface area is 198 Å². The second kappa shape index (κ2) is 10.1. The predicted octanol–water partition coefficient (Wildman–Crippen LogP) is 3.78. The lowest BCUT2D eigenvalue weighted by Gasteiger charge is -2.18. The van der Waals surface area contributed by atoms with Gasteiger partial charge in [0, 0.05) is 12.1 Å². The van der Waals surface area contributed by atoms with E-state index in [2.05, 4.69) is 10.0 Å². The van der Waals surface area contributed by atoms with Gasteiger partial charge in [-0.15, -0.1) is 0 Å². The zero-order chi connectivity index (χ0) is 24.1. The van der Waals surface area contributed by atoms with E-state index >= 15 is 0 Å². The van der Waals surface area contributed by atoms with E-state index in [-0.39, 0.29) is 35.7 Å². The van der Waals surface area contributed by atoms with E-state index < -0.39 is 10.0 Å². The van der Waals surface area contributed by atoms with Crippen LogP contribution in [0.1, 0.15) is 40.9 Å². The molecule has 0 fully saturated rings. The van der Waals surface area contributed by atoms with Crippen molar-refractivity contribution in [2.45, 2.75) is 30.8 Å². The molecule has 178 valence electrons. The Bertz CT molecular complexity index is 1270. The molecule has 3 aromatic rings. The fourth-order valence-electron chi connectivity index (χ4n) is 3.62. The van der Waals surface area contributed by atoms with Crippen LogP contribution in [0.4, 0.5) is 0 Å². The van der Waals surface area contributed by atoms with E-state index in [1.807, 2.05) is 31.2 Å². The molecule has 1 aliphatic heterocycles. The summed E-state index contributed by atoms with van der Waals surface area (Å²) in [4.78, 5) is 12.9. The number of carbonyl (C=O) groups excluding carboxylic acids is 1. The number of carbonyl (C=O) groups is 1. The summed E-state index contributed by atoms with van der Waals surface area (Å²) >= 11 is 0. The van der Waals surface area contributed by atoms with Gasteiger partial charge in [-0.1, -0.05) is 31.2 Å². The van der Waals surface area contributed by atoms with Crippen LogP contribution in [-0.2, 0) is 16.6 Å². The van der Waals surface area contributed by atoms with Crippen LogP contribution in [0.3, 0.4) is 0 Å². The van der Waals surface area contributed by atoms with E-state index in [1.54, 1.807) is 37.4 Å². The van der Waals surface area contributed by atoms with E-state index in [4.69, 9.17) is 14.2 Å². The van der Waals surface area contributed by atoms with Gasteiger partial charge in [-0.05, 0) is 60.0 Å². The highest BCUT2D eigenvalue weighted by Gasteiger charge is 2.19. The maximum atomic E-state index is 12.9. The van der Waals surface area contributed by atoms with Crippen molar-refractivity contribution in [2.75, 3.05) is 13.9 Å². The second-order valence-electron chi connectivity index (χ2n) is 7.75. The molecule has 0 saturated carbocycles. The number of amides is 1. The predicted molar refractivity (Wildman–Crippen MR) is 127 cm³/mol. The van der Waals surface area contributed by atoms with Crippen LogP contribution < -0.4 is 24.2 Å². The number of ether oxygens (including phenoxy) is 3. The summed E-state index contributed by atoms with van der Waals surface area (Å²) in [5.41, 5.74) is 1.93. The first-order chi connectivity index (χ1) is 16.4. The standard InChI is InChI=1S/C25H26N2O6S/c1-3-22(18-8-10-20(31-2)11-9-18)27-25(28)19-5-4-6-21(14-19)34(29,30)26-15-17-7-12-23-24(13-17)33-16-32-23/h4-14,22,26H,3,15-16H2,1-2H3,(H,27,28). The largest absolute Gasteiger partial charge is 0.497 e. The van der Waals surface area contributed by atoms with Crippen molar-refractivity contribution >= 4 is 15.9 Å². The molecule has 4 rings (SSSR count). The molecule has 0 saturated heterocycles. The number of rotatable bonds is 9. The molecule has 9 heteroatoms. The maximum Gasteiger partial charge on any atom is 0.251 e. The Morgan fingerprint density at radius 1 is 1.03 bits per heavy atom. The first-order valence-electron chi connectivity index (χ1n) is 10.8. The molecule has 8 nitrogen and oxygen atoms in total. The van der Waals surface area contributed by atoms with Gasteiger partial charge < -0.3 is 19.5 Å². The molecule has 0 bridgehead atoms. The zero-order valence-electron chi connectivity index (χ0n) is 18.9. The SMILES string of the molecule is CCC(NC(=O)c1cccc(S(=O)(=O)NCc2ccc3c(c2)OCO3)c1)c1ccc(OC)cc1. The molecule has 34 heavy (non-hydrogen) atoms. The number of hydrogen-bond acceptors (Lipinski definition) is 6. The summed E-state index contributed by atoms with van der Waals surface area (Å²) in [5, 5.41) is 2.98. The highest BCUT2D eigenvalue weighted by Crippen LogP contribution is 2.32. The molecule has 2 N–H and O–H groups in total. The van der Waals surface area contributed by atoms with Crippen LogP contribution in [0.15, 0.2) is 71.6 Å². The molecular formula is C25H26N2O6S. The lowest BCUT2D eigenvalue weighted by molar-refractivity contribution is 0.0935. The maximum absolute atomic E-state index is 12.9. The summed E-state index contributed by atoms with van der Waals surface area (Å²) in [6.07, 6.45) is 0.674. The average molecular weight is 483 g/mol. The van der Waals surface area contributed by atoms with Gasteiger partial charge in [-0.3, -0.25) is 4.79 Å². The van der Waals surface area contributed by atoms with E-state index in [0.29, 0.717) is 17.9 Å². The van der Waals surface area contributed by atoms with Crippen molar-refractivity contribution < 1.29 is 27.4 Å². The van der Waals surface area contributed by atoms with E-state index in [0.717, 1.165) is 16.9 Å². The van der Waals surface area contributed by atoms with Crippen molar-refractivity contribution in [1.82, 2.24) is 10.0 Å². The summed E-state index contributed by atoms with van der Waals surface area (Å²) in [6.45, 7) is 2.19. The summed E-state index contributed by atoms with van der Waals surface area (Å²) < 4.78 is 44.1. The minimum Gasteiger partial charge on any atom is -0.497 e. The van der Waals surface area contributed by atoms with Crippen molar-refractivity contribution in [2.24, 2.45) is 0 Å². The smallest absolute Gasteiger partial charge is 0.251 e. The quantitative estimate of drug-likeness (QED) is 0.481. The monoisotopic (exact) mass is 482 g/mol. The number of hydrogen-bond donors (Lipinski definition) is 2. The van der Waals surface area contributed by atoms with Gasteiger partial charge in [0.15, 0.2) is 11.5 Å². The lowest BCUT2D eigenvalue weighted by Crippen LogP contribution is -2.28. The van der Waals surface area contributed by atoms with Gasteiger partial charge in [-0.2, -0.15) is 0 Å². The van der Waals surface area contributed by atoms with Gasteiger partial charge in [0.25, 0.3) is 5.91 Å². The van der Waals surface area contributed by atoms with Crippen molar-refractivity contribution in [3.63, 3.8) is 0 Å². The van der Waals surface area contributed by atoms with Crippen LogP contribution >= 0.6 is 0 Å². The van der Waals surface area contributed by atoms with Gasteiger partial charge >= 0.3 is 0 Å². The third-order valence-electron chi connectivity index (χ3n) is 5.54. The molecule has 1 aliphatic rings. The van der Waals surface area contributed by atoms with Crippen molar-refractivity contribution in [3.8, 4) is 17.2 Å². The van der Waals surface area contributed by atoms with E-state index in [1.165, 1.54) is 12.1 Å². The van der Waals surface area contributed by atoms with Crippen molar-refractivity contribution in [1.29, 1.82) is 0 Å². The average Bonchev–Trinajstić information content (AvgIpc) is 3.34.